The second kappa shape index (κ2) is 8.55. The van der Waals surface area contributed by atoms with E-state index in [1.54, 1.807) is 17.1 Å². The van der Waals surface area contributed by atoms with Gasteiger partial charge in [-0.15, -0.1) is 0 Å². The summed E-state index contributed by atoms with van der Waals surface area (Å²) in [6, 6.07) is 10.3. The molecule has 36 heavy (non-hydrogen) atoms. The van der Waals surface area contributed by atoms with E-state index in [4.69, 9.17) is 4.98 Å². The van der Waals surface area contributed by atoms with E-state index < -0.39 is 0 Å². The van der Waals surface area contributed by atoms with Crippen LogP contribution in [0.15, 0.2) is 47.5 Å². The van der Waals surface area contributed by atoms with Crippen LogP contribution in [0.4, 0.5) is 11.6 Å². The molecule has 0 bridgehead atoms. The van der Waals surface area contributed by atoms with Crippen molar-refractivity contribution < 1.29 is 0 Å². The smallest absolute Gasteiger partial charge is 0.278 e. The topological polar surface area (TPSA) is 89.7 Å². The molecule has 0 saturated carbocycles. The first-order chi connectivity index (χ1) is 17.0. The summed E-state index contributed by atoms with van der Waals surface area (Å²) in [5.74, 6) is 0.448. The van der Waals surface area contributed by atoms with Crippen LogP contribution in [0.3, 0.4) is 0 Å². The van der Waals surface area contributed by atoms with Crippen molar-refractivity contribution in [3.63, 3.8) is 0 Å². The number of aromatic nitrogens is 5. The highest BCUT2D eigenvalue weighted by molar-refractivity contribution is 5.77. The Morgan fingerprint density at radius 3 is 2.61 bits per heavy atom. The SMILES string of the molecule is CC(C)n1c(=O)c2cnc(Nc3ccc4c(c3)C(C)(C)NCC4)nc2n1-c1ccnc(C(C)(C)C)c1. The molecule has 0 amide bonds. The van der Waals surface area contributed by atoms with Crippen molar-refractivity contribution in [1.29, 1.82) is 0 Å². The normalized spacial score (nSPS) is 15.3. The predicted molar refractivity (Wildman–Crippen MR) is 144 cm³/mol. The molecular formula is C28H35N7O. The van der Waals surface area contributed by atoms with Crippen molar-refractivity contribution in [3.8, 4) is 5.69 Å². The van der Waals surface area contributed by atoms with E-state index in [1.165, 1.54) is 11.1 Å². The van der Waals surface area contributed by atoms with Crippen LogP contribution < -0.4 is 16.2 Å². The van der Waals surface area contributed by atoms with Gasteiger partial charge >= 0.3 is 0 Å². The Labute approximate surface area is 211 Å². The van der Waals surface area contributed by atoms with Crippen molar-refractivity contribution in [2.75, 3.05) is 11.9 Å². The van der Waals surface area contributed by atoms with Gasteiger partial charge in [-0.3, -0.25) is 9.78 Å². The van der Waals surface area contributed by atoms with Gasteiger partial charge < -0.3 is 10.6 Å². The van der Waals surface area contributed by atoms with Crippen LogP contribution >= 0.6 is 0 Å². The van der Waals surface area contributed by atoms with Crippen LogP contribution in [0, 0.1) is 0 Å². The Kier molecular flexibility index (Phi) is 5.75. The molecule has 188 valence electrons. The number of pyridine rings is 1. The second-order valence-corrected chi connectivity index (χ2v) is 11.4. The van der Waals surface area contributed by atoms with Gasteiger partial charge in [0.25, 0.3) is 5.56 Å². The number of nitrogens with zero attached hydrogens (tertiary/aromatic N) is 5. The molecule has 0 aliphatic carbocycles. The maximum Gasteiger partial charge on any atom is 0.278 e. The molecule has 0 spiro atoms. The number of fused-ring (bicyclic) bond motifs is 2. The monoisotopic (exact) mass is 485 g/mol. The number of anilines is 2. The Hall–Kier alpha value is -3.52. The molecule has 4 heterocycles. The molecule has 0 unspecified atom stereocenters. The standard InChI is InChI=1S/C28H35N7O/c1-17(2)34-25(36)21-16-30-26(32-19-9-8-18-10-13-31-28(6,7)22(18)14-19)33-24(21)35(34)20-11-12-29-23(15-20)27(3,4)5/h8-9,11-12,14-17,31H,10,13H2,1-7H3,(H,30,32,33). The zero-order valence-corrected chi connectivity index (χ0v) is 22.2. The molecule has 5 rings (SSSR count). The molecular weight excluding hydrogens is 450 g/mol. The fourth-order valence-electron chi connectivity index (χ4n) is 4.92. The molecule has 0 saturated heterocycles. The minimum absolute atomic E-state index is 0.0651. The maximum absolute atomic E-state index is 13.4. The molecule has 0 atom stereocenters. The quantitative estimate of drug-likeness (QED) is 0.424. The summed E-state index contributed by atoms with van der Waals surface area (Å²) in [6.45, 7) is 15.8. The lowest BCUT2D eigenvalue weighted by Crippen LogP contribution is -2.42. The maximum atomic E-state index is 13.4. The molecule has 1 aliphatic rings. The van der Waals surface area contributed by atoms with Gasteiger partial charge in [0.2, 0.25) is 5.95 Å². The van der Waals surface area contributed by atoms with Gasteiger partial charge in [-0.1, -0.05) is 26.8 Å². The highest BCUT2D eigenvalue weighted by Crippen LogP contribution is 2.31. The average Bonchev–Trinajstić information content (AvgIpc) is 3.11. The van der Waals surface area contributed by atoms with Crippen LogP contribution in [-0.2, 0) is 17.4 Å². The lowest BCUT2D eigenvalue weighted by atomic mass is 9.85. The molecule has 0 fully saturated rings. The first-order valence-corrected chi connectivity index (χ1v) is 12.6. The minimum Gasteiger partial charge on any atom is -0.324 e. The zero-order chi connectivity index (χ0) is 25.8. The van der Waals surface area contributed by atoms with Gasteiger partial charge in [-0.05, 0) is 76.1 Å². The lowest BCUT2D eigenvalue weighted by Gasteiger charge is -2.34. The Morgan fingerprint density at radius 2 is 1.89 bits per heavy atom. The predicted octanol–water partition coefficient (Wildman–Crippen LogP) is 4.98. The third-order valence-corrected chi connectivity index (χ3v) is 6.87. The van der Waals surface area contributed by atoms with Crippen molar-refractivity contribution >= 4 is 22.7 Å². The van der Waals surface area contributed by atoms with Gasteiger partial charge in [-0.2, -0.15) is 4.98 Å². The molecule has 4 aromatic rings. The molecule has 0 radical (unpaired) electrons. The third kappa shape index (κ3) is 4.19. The van der Waals surface area contributed by atoms with E-state index in [1.807, 2.05) is 30.7 Å². The Morgan fingerprint density at radius 1 is 1.11 bits per heavy atom. The summed E-state index contributed by atoms with van der Waals surface area (Å²) in [4.78, 5) is 27.3. The van der Waals surface area contributed by atoms with Gasteiger partial charge in [-0.25, -0.2) is 14.3 Å². The summed E-state index contributed by atoms with van der Waals surface area (Å²) in [6.07, 6.45) is 4.43. The van der Waals surface area contributed by atoms with Crippen molar-refractivity contribution in [1.82, 2.24) is 29.6 Å². The van der Waals surface area contributed by atoms with Crippen LogP contribution in [0.5, 0.6) is 0 Å². The number of nitrogens with one attached hydrogen (secondary N) is 2. The highest BCUT2D eigenvalue weighted by Gasteiger charge is 2.27. The Balaban J connectivity index is 1.63. The van der Waals surface area contributed by atoms with Crippen molar-refractivity contribution in [2.24, 2.45) is 0 Å². The minimum atomic E-state index is -0.126. The first kappa shape index (κ1) is 24.2. The average molecular weight is 486 g/mol. The van der Waals surface area contributed by atoms with Gasteiger partial charge in [0.05, 0.1) is 5.69 Å². The van der Waals surface area contributed by atoms with Gasteiger partial charge in [0.15, 0.2) is 5.65 Å². The fourth-order valence-corrected chi connectivity index (χ4v) is 4.92. The molecule has 8 nitrogen and oxygen atoms in total. The van der Waals surface area contributed by atoms with Gasteiger partial charge in [0, 0.05) is 40.8 Å². The largest absolute Gasteiger partial charge is 0.324 e. The molecule has 8 heteroatoms. The van der Waals surface area contributed by atoms with E-state index in [0.29, 0.717) is 17.0 Å². The lowest BCUT2D eigenvalue weighted by molar-refractivity contribution is 0.382. The van der Waals surface area contributed by atoms with E-state index in [-0.39, 0.29) is 22.6 Å². The Bertz CT molecular complexity index is 1500. The molecule has 3 aromatic heterocycles. The number of hydrogen-bond acceptors (Lipinski definition) is 6. The third-order valence-electron chi connectivity index (χ3n) is 6.87. The summed E-state index contributed by atoms with van der Waals surface area (Å²) in [5, 5.41) is 7.44. The number of hydrogen-bond donors (Lipinski definition) is 2. The van der Waals surface area contributed by atoms with E-state index in [0.717, 1.165) is 30.0 Å². The van der Waals surface area contributed by atoms with E-state index in [2.05, 4.69) is 73.4 Å². The molecule has 1 aliphatic heterocycles. The van der Waals surface area contributed by atoms with Gasteiger partial charge in [0.1, 0.15) is 5.39 Å². The summed E-state index contributed by atoms with van der Waals surface area (Å²) in [5.41, 5.74) is 5.57. The van der Waals surface area contributed by atoms with Crippen molar-refractivity contribution in [3.05, 3.63) is 69.9 Å². The van der Waals surface area contributed by atoms with Crippen LogP contribution in [-0.4, -0.2) is 30.9 Å². The van der Waals surface area contributed by atoms with Crippen LogP contribution in [0.2, 0.25) is 0 Å². The van der Waals surface area contributed by atoms with Crippen molar-refractivity contribution in [2.45, 2.75) is 71.9 Å². The first-order valence-electron chi connectivity index (χ1n) is 12.6. The highest BCUT2D eigenvalue weighted by atomic mass is 16.1. The summed E-state index contributed by atoms with van der Waals surface area (Å²) >= 11 is 0. The molecule has 1 aromatic carbocycles. The summed E-state index contributed by atoms with van der Waals surface area (Å²) in [7, 11) is 0. The summed E-state index contributed by atoms with van der Waals surface area (Å²) < 4.78 is 3.63. The molecule has 2 N–H and O–H groups in total. The zero-order valence-electron chi connectivity index (χ0n) is 22.2. The van der Waals surface area contributed by atoms with Crippen LogP contribution in [0.25, 0.3) is 16.7 Å². The van der Waals surface area contributed by atoms with Crippen LogP contribution in [0.1, 0.15) is 71.3 Å². The van der Waals surface area contributed by atoms with E-state index in [9.17, 15) is 4.79 Å². The second-order valence-electron chi connectivity index (χ2n) is 11.4. The fraction of sp³-hybridized carbons (Fsp3) is 0.429. The number of benzene rings is 1. The van der Waals surface area contributed by atoms with E-state index >= 15 is 0 Å². The number of rotatable bonds is 4.